The number of nitrogens with zero attached hydrogens (tertiary/aromatic N) is 1. The fourth-order valence-electron chi connectivity index (χ4n) is 3.25. The van der Waals surface area contributed by atoms with Crippen molar-refractivity contribution in [1.29, 1.82) is 0 Å². The summed E-state index contributed by atoms with van der Waals surface area (Å²) in [5, 5.41) is 2.97. The molecule has 0 radical (unpaired) electrons. The summed E-state index contributed by atoms with van der Waals surface area (Å²) >= 11 is 0. The summed E-state index contributed by atoms with van der Waals surface area (Å²) in [4.78, 5) is 14.6. The van der Waals surface area contributed by atoms with Gasteiger partial charge in [0.1, 0.15) is 0 Å². The fraction of sp³-hybridized carbons (Fsp3) is 0.381. The Hall–Kier alpha value is -2.13. The van der Waals surface area contributed by atoms with Gasteiger partial charge in [0.05, 0.1) is 6.42 Å². The van der Waals surface area contributed by atoms with Crippen LogP contribution in [0.2, 0.25) is 0 Å². The first-order chi connectivity index (χ1) is 11.8. The molecular formula is C21H26N2O. The third-order valence-corrected chi connectivity index (χ3v) is 4.58. The van der Waals surface area contributed by atoms with Crippen molar-refractivity contribution in [2.24, 2.45) is 0 Å². The molecule has 1 N–H and O–H groups in total. The Kier molecular flexibility index (Phi) is 6.02. The number of likely N-dealkylation sites (tertiary alicyclic amines) is 1. The molecule has 1 fully saturated rings. The summed E-state index contributed by atoms with van der Waals surface area (Å²) in [6.45, 7) is 3.74. The number of aryl methyl sites for hydroxylation is 1. The van der Waals surface area contributed by atoms with E-state index in [4.69, 9.17) is 0 Å². The summed E-state index contributed by atoms with van der Waals surface area (Å²) in [6, 6.07) is 18.1. The highest BCUT2D eigenvalue weighted by atomic mass is 16.1. The molecule has 1 aliphatic heterocycles. The lowest BCUT2D eigenvalue weighted by Gasteiger charge is -2.14. The summed E-state index contributed by atoms with van der Waals surface area (Å²) in [5.74, 6) is 0.0305. The van der Waals surface area contributed by atoms with Gasteiger partial charge in [0.25, 0.3) is 0 Å². The number of carbonyl (C=O) groups is 1. The Morgan fingerprint density at radius 1 is 0.917 bits per heavy atom. The molecule has 1 aliphatic rings. The highest BCUT2D eigenvalue weighted by Gasteiger charge is 2.10. The van der Waals surface area contributed by atoms with Crippen molar-refractivity contribution in [2.75, 3.05) is 25.0 Å². The molecule has 24 heavy (non-hydrogen) atoms. The lowest BCUT2D eigenvalue weighted by atomic mass is 10.1. The monoisotopic (exact) mass is 322 g/mol. The van der Waals surface area contributed by atoms with Crippen molar-refractivity contribution in [2.45, 2.75) is 32.1 Å². The molecule has 126 valence electrons. The van der Waals surface area contributed by atoms with E-state index in [1.807, 2.05) is 42.5 Å². The summed E-state index contributed by atoms with van der Waals surface area (Å²) in [5.41, 5.74) is 3.25. The molecule has 0 aliphatic carbocycles. The zero-order valence-corrected chi connectivity index (χ0v) is 14.2. The van der Waals surface area contributed by atoms with Gasteiger partial charge in [-0.15, -0.1) is 0 Å². The smallest absolute Gasteiger partial charge is 0.228 e. The van der Waals surface area contributed by atoms with Crippen LogP contribution in [0.25, 0.3) is 0 Å². The standard InChI is InChI=1S/C21H26N2O/c24-21(17-19-7-2-1-3-8-19)22-20-12-10-18(11-13-20)9-6-16-23-14-4-5-15-23/h1-3,7-8,10-13H,4-6,9,14-17H2,(H,22,24). The van der Waals surface area contributed by atoms with E-state index >= 15 is 0 Å². The molecule has 2 aromatic rings. The minimum atomic E-state index is 0.0305. The number of carbonyl (C=O) groups excluding carboxylic acids is 1. The van der Waals surface area contributed by atoms with Gasteiger partial charge in [-0.05, 0) is 68.6 Å². The number of hydrogen-bond donors (Lipinski definition) is 1. The van der Waals surface area contributed by atoms with Gasteiger partial charge in [0.15, 0.2) is 0 Å². The predicted octanol–water partition coefficient (Wildman–Crippen LogP) is 3.90. The van der Waals surface area contributed by atoms with Gasteiger partial charge in [0, 0.05) is 5.69 Å². The molecule has 1 saturated heterocycles. The molecule has 2 aromatic carbocycles. The summed E-state index contributed by atoms with van der Waals surface area (Å²) < 4.78 is 0. The van der Waals surface area contributed by atoms with E-state index < -0.39 is 0 Å². The maximum Gasteiger partial charge on any atom is 0.228 e. The SMILES string of the molecule is O=C(Cc1ccccc1)Nc1ccc(CCCN2CCCC2)cc1. The Morgan fingerprint density at radius 3 is 2.33 bits per heavy atom. The molecule has 1 heterocycles. The van der Waals surface area contributed by atoms with Crippen LogP contribution in [0, 0.1) is 0 Å². The number of anilines is 1. The predicted molar refractivity (Wildman–Crippen MR) is 99.2 cm³/mol. The minimum absolute atomic E-state index is 0.0305. The first-order valence-corrected chi connectivity index (χ1v) is 8.95. The molecule has 0 unspecified atom stereocenters. The molecule has 1 amide bonds. The van der Waals surface area contributed by atoms with Crippen LogP contribution in [0.4, 0.5) is 5.69 Å². The van der Waals surface area contributed by atoms with Gasteiger partial charge in [0.2, 0.25) is 5.91 Å². The van der Waals surface area contributed by atoms with Gasteiger partial charge in [-0.25, -0.2) is 0 Å². The largest absolute Gasteiger partial charge is 0.326 e. The summed E-state index contributed by atoms with van der Waals surface area (Å²) in [6.07, 6.45) is 5.45. The first kappa shape index (κ1) is 16.7. The number of nitrogens with one attached hydrogen (secondary N) is 1. The van der Waals surface area contributed by atoms with Crippen LogP contribution < -0.4 is 5.32 Å². The number of rotatable bonds is 7. The van der Waals surface area contributed by atoms with Gasteiger partial charge in [-0.2, -0.15) is 0 Å². The van der Waals surface area contributed by atoms with E-state index in [2.05, 4.69) is 22.3 Å². The van der Waals surface area contributed by atoms with E-state index in [0.29, 0.717) is 6.42 Å². The van der Waals surface area contributed by atoms with Gasteiger partial charge < -0.3 is 10.2 Å². The van der Waals surface area contributed by atoms with Gasteiger partial charge >= 0.3 is 0 Å². The maximum absolute atomic E-state index is 12.1. The van der Waals surface area contributed by atoms with Crippen LogP contribution in [0.3, 0.4) is 0 Å². The quantitative estimate of drug-likeness (QED) is 0.838. The lowest BCUT2D eigenvalue weighted by molar-refractivity contribution is -0.115. The molecule has 3 nitrogen and oxygen atoms in total. The van der Waals surface area contributed by atoms with Crippen molar-refractivity contribution < 1.29 is 4.79 Å². The van der Waals surface area contributed by atoms with Crippen molar-refractivity contribution in [3.8, 4) is 0 Å². The summed E-state index contributed by atoms with van der Waals surface area (Å²) in [7, 11) is 0. The molecule has 0 bridgehead atoms. The zero-order valence-electron chi connectivity index (χ0n) is 14.2. The van der Waals surface area contributed by atoms with Crippen molar-refractivity contribution in [3.05, 3.63) is 65.7 Å². The molecule has 0 spiro atoms. The van der Waals surface area contributed by atoms with E-state index in [1.54, 1.807) is 0 Å². The van der Waals surface area contributed by atoms with Gasteiger partial charge in [-0.3, -0.25) is 4.79 Å². The van der Waals surface area contributed by atoms with Crippen LogP contribution in [-0.4, -0.2) is 30.4 Å². The van der Waals surface area contributed by atoms with Crippen LogP contribution >= 0.6 is 0 Å². The average molecular weight is 322 g/mol. The molecule has 0 aromatic heterocycles. The zero-order chi connectivity index (χ0) is 16.6. The van der Waals surface area contributed by atoms with Crippen molar-refractivity contribution in [3.63, 3.8) is 0 Å². The minimum Gasteiger partial charge on any atom is -0.326 e. The van der Waals surface area contributed by atoms with E-state index in [-0.39, 0.29) is 5.91 Å². The van der Waals surface area contributed by atoms with E-state index in [9.17, 15) is 4.79 Å². The molecule has 3 heteroatoms. The Labute approximate surface area is 144 Å². The van der Waals surface area contributed by atoms with Crippen LogP contribution in [-0.2, 0) is 17.6 Å². The second-order valence-corrected chi connectivity index (χ2v) is 6.56. The van der Waals surface area contributed by atoms with Crippen molar-refractivity contribution in [1.82, 2.24) is 4.90 Å². The first-order valence-electron chi connectivity index (χ1n) is 8.95. The van der Waals surface area contributed by atoms with E-state index in [1.165, 1.54) is 44.5 Å². The normalized spacial score (nSPS) is 14.7. The number of amides is 1. The third kappa shape index (κ3) is 5.20. The molecule has 0 atom stereocenters. The second-order valence-electron chi connectivity index (χ2n) is 6.56. The van der Waals surface area contributed by atoms with E-state index in [0.717, 1.165) is 17.7 Å². The molecule has 0 saturated carbocycles. The average Bonchev–Trinajstić information content (AvgIpc) is 3.11. The lowest BCUT2D eigenvalue weighted by Crippen LogP contribution is -2.20. The van der Waals surface area contributed by atoms with Gasteiger partial charge in [-0.1, -0.05) is 42.5 Å². The molecule has 3 rings (SSSR count). The number of hydrogen-bond acceptors (Lipinski definition) is 2. The van der Waals surface area contributed by atoms with Crippen LogP contribution in [0.5, 0.6) is 0 Å². The fourth-order valence-corrected chi connectivity index (χ4v) is 3.25. The second kappa shape index (κ2) is 8.65. The van der Waals surface area contributed by atoms with Crippen molar-refractivity contribution >= 4 is 11.6 Å². The third-order valence-electron chi connectivity index (χ3n) is 4.58. The maximum atomic E-state index is 12.1. The highest BCUT2D eigenvalue weighted by Crippen LogP contribution is 2.13. The Balaban J connectivity index is 1.43. The Bertz CT molecular complexity index is 631. The number of benzene rings is 2. The topological polar surface area (TPSA) is 32.3 Å². The Morgan fingerprint density at radius 2 is 1.62 bits per heavy atom. The van der Waals surface area contributed by atoms with Crippen LogP contribution in [0.1, 0.15) is 30.4 Å². The molecular weight excluding hydrogens is 296 g/mol. The highest BCUT2D eigenvalue weighted by molar-refractivity contribution is 5.92. The van der Waals surface area contributed by atoms with Crippen LogP contribution in [0.15, 0.2) is 54.6 Å².